The summed E-state index contributed by atoms with van der Waals surface area (Å²) < 4.78 is 58.3. The second-order valence-electron chi connectivity index (χ2n) is 10.2. The van der Waals surface area contributed by atoms with Crippen molar-refractivity contribution in [2.75, 3.05) is 23.7 Å². The van der Waals surface area contributed by atoms with Gasteiger partial charge in [0.15, 0.2) is 17.5 Å². The maximum absolute atomic E-state index is 14.4. The zero-order chi connectivity index (χ0) is 31.0. The number of hydrogen-bond acceptors (Lipinski definition) is 7. The zero-order valence-corrected chi connectivity index (χ0v) is 24.2. The number of aromatic nitrogens is 4. The maximum atomic E-state index is 14.4. The average molecular weight is 641 g/mol. The highest BCUT2D eigenvalue weighted by atomic mass is 35.5. The molecule has 1 unspecified atom stereocenters. The van der Waals surface area contributed by atoms with Crippen molar-refractivity contribution >= 4 is 51.2 Å². The number of hydrogen-bond donors (Lipinski definition) is 3. The molecule has 3 heterocycles. The van der Waals surface area contributed by atoms with Crippen LogP contribution in [0.4, 0.5) is 34.6 Å². The van der Waals surface area contributed by atoms with Crippen molar-refractivity contribution in [3.63, 3.8) is 0 Å². The molecular formula is C30H22Cl2F4N8. The van der Waals surface area contributed by atoms with Crippen LogP contribution < -0.4 is 16.0 Å². The second kappa shape index (κ2) is 12.3. The molecule has 0 bridgehead atoms. The Kier molecular flexibility index (Phi) is 8.27. The molecular weight excluding hydrogens is 619 g/mol. The minimum atomic E-state index is -1.59. The van der Waals surface area contributed by atoms with Gasteiger partial charge in [-0.2, -0.15) is 5.26 Å². The number of fused-ring (bicyclic) bond motifs is 1. The minimum Gasteiger partial charge on any atom is -0.373 e. The first-order valence-electron chi connectivity index (χ1n) is 13.5. The fraction of sp³-hybridized carbons (Fsp3) is 0.200. The van der Waals surface area contributed by atoms with Gasteiger partial charge in [0.05, 0.1) is 45.1 Å². The fourth-order valence-corrected chi connectivity index (χ4v) is 5.64. The molecule has 3 aromatic carbocycles. The topological polar surface area (TPSA) is 103 Å². The van der Waals surface area contributed by atoms with E-state index in [-0.39, 0.29) is 27.2 Å². The van der Waals surface area contributed by atoms with E-state index in [0.29, 0.717) is 33.7 Å². The SMILES string of the molecule is N#Cc1cnc2c(Cl)cc(NC(c3cc(F)c(F)c(F)c3)c3cn(C4CCNCC4)nn3)cc2c1Nc1ccc(F)c(Cl)c1. The van der Waals surface area contributed by atoms with Crippen LogP contribution in [-0.2, 0) is 0 Å². The van der Waals surface area contributed by atoms with Crippen LogP contribution in [0.3, 0.4) is 0 Å². The van der Waals surface area contributed by atoms with Crippen LogP contribution >= 0.6 is 23.2 Å². The Morgan fingerprint density at radius 1 is 0.955 bits per heavy atom. The van der Waals surface area contributed by atoms with E-state index in [1.807, 2.05) is 0 Å². The van der Waals surface area contributed by atoms with E-state index in [2.05, 4.69) is 37.3 Å². The minimum absolute atomic E-state index is 0.0539. The molecule has 1 aliphatic rings. The molecule has 44 heavy (non-hydrogen) atoms. The Morgan fingerprint density at radius 3 is 2.39 bits per heavy atom. The third-order valence-corrected chi connectivity index (χ3v) is 7.97. The summed E-state index contributed by atoms with van der Waals surface area (Å²) >= 11 is 12.6. The van der Waals surface area contributed by atoms with Gasteiger partial charge in [-0.1, -0.05) is 28.4 Å². The number of halogens is 6. The molecule has 3 N–H and O–H groups in total. The molecule has 0 amide bonds. The monoisotopic (exact) mass is 640 g/mol. The lowest BCUT2D eigenvalue weighted by molar-refractivity contribution is 0.337. The Balaban J connectivity index is 1.44. The van der Waals surface area contributed by atoms with Crippen molar-refractivity contribution in [1.82, 2.24) is 25.3 Å². The molecule has 5 aromatic rings. The lowest BCUT2D eigenvalue weighted by atomic mass is 10.0. The van der Waals surface area contributed by atoms with Crippen LogP contribution in [0.25, 0.3) is 10.9 Å². The summed E-state index contributed by atoms with van der Waals surface area (Å²) in [5, 5.41) is 28.5. The molecule has 1 atom stereocenters. The van der Waals surface area contributed by atoms with Gasteiger partial charge < -0.3 is 16.0 Å². The van der Waals surface area contributed by atoms with E-state index in [1.54, 1.807) is 23.0 Å². The number of nitrogens with one attached hydrogen (secondary N) is 3. The third kappa shape index (κ3) is 5.86. The van der Waals surface area contributed by atoms with Gasteiger partial charge in [-0.3, -0.25) is 4.98 Å². The van der Waals surface area contributed by atoms with Crippen LogP contribution in [0.5, 0.6) is 0 Å². The van der Waals surface area contributed by atoms with Gasteiger partial charge >= 0.3 is 0 Å². The summed E-state index contributed by atoms with van der Waals surface area (Å²) in [5.74, 6) is -4.92. The Morgan fingerprint density at radius 2 is 1.68 bits per heavy atom. The standard InChI is InChI=1S/C30H22Cl2F4N8/c31-21-10-17(1-2-23(21)33)40-28-16(12-37)13-39-30-20(28)9-18(11-22(30)32)41-29(15-7-24(34)27(36)25(35)8-15)26-14-44(43-42-26)19-3-5-38-6-4-19/h1-2,7-11,13-14,19,29,38,41H,3-6H2,(H,39,40). The number of piperidine rings is 1. The van der Waals surface area contributed by atoms with Gasteiger partial charge in [-0.25, -0.2) is 22.2 Å². The first-order valence-corrected chi connectivity index (χ1v) is 14.2. The quantitative estimate of drug-likeness (QED) is 0.126. The van der Waals surface area contributed by atoms with Gasteiger partial charge in [-0.15, -0.1) is 5.10 Å². The van der Waals surface area contributed by atoms with Crippen molar-refractivity contribution in [2.45, 2.75) is 24.9 Å². The summed E-state index contributed by atoms with van der Waals surface area (Å²) in [6, 6.07) is 10.2. The van der Waals surface area contributed by atoms with Crippen LogP contribution in [-0.4, -0.2) is 33.1 Å². The van der Waals surface area contributed by atoms with Crippen molar-refractivity contribution in [1.29, 1.82) is 5.26 Å². The summed E-state index contributed by atoms with van der Waals surface area (Å²) in [5.41, 5.74) is 1.98. The van der Waals surface area contributed by atoms with Gasteiger partial charge in [0, 0.05) is 23.0 Å². The molecule has 14 heteroatoms. The predicted octanol–water partition coefficient (Wildman–Crippen LogP) is 7.43. The van der Waals surface area contributed by atoms with Gasteiger partial charge in [0.25, 0.3) is 0 Å². The number of rotatable bonds is 7. The van der Waals surface area contributed by atoms with E-state index < -0.39 is 29.3 Å². The van der Waals surface area contributed by atoms with Gasteiger partial charge in [-0.05, 0) is 74.0 Å². The summed E-state index contributed by atoms with van der Waals surface area (Å²) in [4.78, 5) is 4.33. The normalized spacial score (nSPS) is 14.4. The largest absolute Gasteiger partial charge is 0.373 e. The Labute approximate surface area is 258 Å². The molecule has 0 aliphatic carbocycles. The number of benzene rings is 3. The van der Waals surface area contributed by atoms with Crippen LogP contribution in [0, 0.1) is 34.6 Å². The maximum Gasteiger partial charge on any atom is 0.194 e. The smallest absolute Gasteiger partial charge is 0.194 e. The highest BCUT2D eigenvalue weighted by Crippen LogP contribution is 2.37. The molecule has 224 valence electrons. The summed E-state index contributed by atoms with van der Waals surface area (Å²) in [7, 11) is 0. The fourth-order valence-electron chi connectivity index (χ4n) is 5.19. The number of nitrogens with zero attached hydrogens (tertiary/aromatic N) is 5. The van der Waals surface area contributed by atoms with E-state index >= 15 is 0 Å². The number of anilines is 3. The molecule has 0 radical (unpaired) electrons. The molecule has 6 rings (SSSR count). The Bertz CT molecular complexity index is 1900. The summed E-state index contributed by atoms with van der Waals surface area (Å²) in [6.07, 6.45) is 4.69. The number of nitriles is 1. The first kappa shape index (κ1) is 29.6. The van der Waals surface area contributed by atoms with Crippen LogP contribution in [0.1, 0.15) is 41.7 Å². The molecule has 0 saturated carbocycles. The van der Waals surface area contributed by atoms with E-state index in [0.717, 1.165) is 38.1 Å². The third-order valence-electron chi connectivity index (χ3n) is 7.39. The van der Waals surface area contributed by atoms with E-state index in [4.69, 9.17) is 23.2 Å². The summed E-state index contributed by atoms with van der Waals surface area (Å²) in [6.45, 7) is 1.62. The molecule has 1 fully saturated rings. The highest BCUT2D eigenvalue weighted by Gasteiger charge is 2.25. The second-order valence-corrected chi connectivity index (χ2v) is 11.1. The van der Waals surface area contributed by atoms with Gasteiger partial charge in [0.1, 0.15) is 17.6 Å². The number of pyridine rings is 1. The van der Waals surface area contributed by atoms with Gasteiger partial charge in [0.2, 0.25) is 0 Å². The Hall–Kier alpha value is -4.44. The molecule has 2 aromatic heterocycles. The predicted molar refractivity (Wildman–Crippen MR) is 159 cm³/mol. The molecule has 0 spiro atoms. The molecule has 1 saturated heterocycles. The average Bonchev–Trinajstić information content (AvgIpc) is 3.51. The van der Waals surface area contributed by atoms with E-state index in [9.17, 15) is 22.8 Å². The molecule has 8 nitrogen and oxygen atoms in total. The van der Waals surface area contributed by atoms with E-state index in [1.165, 1.54) is 24.4 Å². The van der Waals surface area contributed by atoms with Crippen LogP contribution in [0.15, 0.2) is 54.9 Å². The van der Waals surface area contributed by atoms with Crippen LogP contribution in [0.2, 0.25) is 10.0 Å². The highest BCUT2D eigenvalue weighted by molar-refractivity contribution is 6.36. The molecule has 1 aliphatic heterocycles. The van der Waals surface area contributed by atoms with Crippen molar-refractivity contribution in [2.24, 2.45) is 0 Å². The first-order chi connectivity index (χ1) is 21.2. The zero-order valence-electron chi connectivity index (χ0n) is 22.7. The van der Waals surface area contributed by atoms with Crippen molar-refractivity contribution in [3.8, 4) is 6.07 Å². The van der Waals surface area contributed by atoms with Crippen molar-refractivity contribution in [3.05, 3.63) is 105 Å². The lowest BCUT2D eigenvalue weighted by Crippen LogP contribution is -2.29. The van der Waals surface area contributed by atoms with Crippen molar-refractivity contribution < 1.29 is 17.6 Å². The lowest BCUT2D eigenvalue weighted by Gasteiger charge is -2.22.